The zero-order valence-electron chi connectivity index (χ0n) is 11.2. The van der Waals surface area contributed by atoms with Crippen LogP contribution in [0.4, 0.5) is 8.78 Å². The molecule has 0 radical (unpaired) electrons. The first-order chi connectivity index (χ1) is 9.02. The molecular weight excluding hydrogens is 248 g/mol. The summed E-state index contributed by atoms with van der Waals surface area (Å²) in [6, 6.07) is 3.37. The predicted molar refractivity (Wildman–Crippen MR) is 70.7 cm³/mol. The van der Waals surface area contributed by atoms with E-state index in [0.717, 1.165) is 25.3 Å². The molecule has 2 rings (SSSR count). The van der Waals surface area contributed by atoms with E-state index >= 15 is 0 Å². The van der Waals surface area contributed by atoms with E-state index in [2.05, 4.69) is 6.92 Å². The maximum Gasteiger partial charge on any atom is 0.126 e. The number of hydrogen-bond acceptors (Lipinski definition) is 2. The van der Waals surface area contributed by atoms with Crippen molar-refractivity contribution in [2.24, 2.45) is 17.6 Å². The minimum Gasteiger partial charge on any atom is -0.392 e. The summed E-state index contributed by atoms with van der Waals surface area (Å²) in [5.41, 5.74) is 6.16. The lowest BCUT2D eigenvalue weighted by molar-refractivity contribution is 0.0663. The summed E-state index contributed by atoms with van der Waals surface area (Å²) in [6.45, 7) is 2.30. The van der Waals surface area contributed by atoms with Gasteiger partial charge in [0.1, 0.15) is 11.6 Å². The highest BCUT2D eigenvalue weighted by Gasteiger charge is 2.34. The van der Waals surface area contributed by atoms with Crippen molar-refractivity contribution in [2.45, 2.75) is 38.2 Å². The normalized spacial score (nSPS) is 26.4. The van der Waals surface area contributed by atoms with Crippen molar-refractivity contribution in [3.05, 3.63) is 35.4 Å². The first-order valence-corrected chi connectivity index (χ1v) is 6.87. The van der Waals surface area contributed by atoms with Crippen LogP contribution in [0.3, 0.4) is 0 Å². The third-order valence-electron chi connectivity index (χ3n) is 4.35. The van der Waals surface area contributed by atoms with E-state index in [0.29, 0.717) is 11.5 Å². The third-order valence-corrected chi connectivity index (χ3v) is 4.35. The zero-order chi connectivity index (χ0) is 14.0. The Morgan fingerprint density at radius 3 is 2.37 bits per heavy atom. The monoisotopic (exact) mass is 269 g/mol. The lowest BCUT2D eigenvalue weighted by atomic mass is 9.81. The Morgan fingerprint density at radius 1 is 1.26 bits per heavy atom. The highest BCUT2D eigenvalue weighted by molar-refractivity contribution is 5.24. The van der Waals surface area contributed by atoms with E-state index in [1.54, 1.807) is 0 Å². The van der Waals surface area contributed by atoms with Crippen molar-refractivity contribution in [2.75, 3.05) is 6.54 Å². The van der Waals surface area contributed by atoms with Gasteiger partial charge in [-0.3, -0.25) is 0 Å². The van der Waals surface area contributed by atoms with E-state index in [1.165, 1.54) is 12.1 Å². The van der Waals surface area contributed by atoms with Gasteiger partial charge in [-0.1, -0.05) is 19.8 Å². The number of aliphatic hydroxyl groups excluding tert-OH is 1. The molecule has 106 valence electrons. The SMILES string of the molecule is CC1CCCC1C(O)C(CN)c1cc(F)cc(F)c1. The molecule has 0 aromatic heterocycles. The lowest BCUT2D eigenvalue weighted by Crippen LogP contribution is -2.33. The highest BCUT2D eigenvalue weighted by Crippen LogP contribution is 2.38. The zero-order valence-corrected chi connectivity index (χ0v) is 11.2. The summed E-state index contributed by atoms with van der Waals surface area (Å²) in [5.74, 6) is -1.06. The van der Waals surface area contributed by atoms with E-state index in [1.807, 2.05) is 0 Å². The number of halogens is 2. The largest absolute Gasteiger partial charge is 0.392 e. The molecule has 3 N–H and O–H groups in total. The Morgan fingerprint density at radius 2 is 1.89 bits per heavy atom. The van der Waals surface area contributed by atoms with Crippen LogP contribution in [0.2, 0.25) is 0 Å². The fourth-order valence-corrected chi connectivity index (χ4v) is 3.24. The van der Waals surface area contributed by atoms with Gasteiger partial charge in [-0.05, 0) is 36.0 Å². The van der Waals surface area contributed by atoms with Crippen LogP contribution in [-0.2, 0) is 0 Å². The molecule has 0 saturated heterocycles. The van der Waals surface area contributed by atoms with Crippen molar-refractivity contribution in [3.8, 4) is 0 Å². The summed E-state index contributed by atoms with van der Waals surface area (Å²) in [7, 11) is 0. The smallest absolute Gasteiger partial charge is 0.126 e. The number of nitrogens with two attached hydrogens (primary N) is 1. The van der Waals surface area contributed by atoms with Crippen molar-refractivity contribution < 1.29 is 13.9 Å². The maximum absolute atomic E-state index is 13.3. The van der Waals surface area contributed by atoms with E-state index in [9.17, 15) is 13.9 Å². The molecule has 1 aliphatic rings. The Labute approximate surface area is 112 Å². The molecule has 1 aliphatic carbocycles. The van der Waals surface area contributed by atoms with E-state index < -0.39 is 23.7 Å². The van der Waals surface area contributed by atoms with Gasteiger partial charge in [-0.25, -0.2) is 8.78 Å². The van der Waals surface area contributed by atoms with E-state index in [4.69, 9.17) is 5.73 Å². The van der Waals surface area contributed by atoms with Gasteiger partial charge in [0.05, 0.1) is 6.10 Å². The molecular formula is C15H21F2NO. The van der Waals surface area contributed by atoms with Crippen LogP contribution in [-0.4, -0.2) is 17.8 Å². The average molecular weight is 269 g/mol. The quantitative estimate of drug-likeness (QED) is 0.883. The van der Waals surface area contributed by atoms with Gasteiger partial charge in [-0.2, -0.15) is 0 Å². The Balaban J connectivity index is 2.23. The van der Waals surface area contributed by atoms with Gasteiger partial charge in [-0.15, -0.1) is 0 Å². The fourth-order valence-electron chi connectivity index (χ4n) is 3.24. The molecule has 0 bridgehead atoms. The summed E-state index contributed by atoms with van der Waals surface area (Å²) < 4.78 is 26.6. The Hall–Kier alpha value is -1.00. The van der Waals surface area contributed by atoms with Crippen molar-refractivity contribution in [1.29, 1.82) is 0 Å². The molecule has 2 nitrogen and oxygen atoms in total. The van der Waals surface area contributed by atoms with Gasteiger partial charge in [0, 0.05) is 18.5 Å². The molecule has 4 unspecified atom stereocenters. The maximum atomic E-state index is 13.3. The molecule has 4 atom stereocenters. The van der Waals surface area contributed by atoms with Crippen molar-refractivity contribution >= 4 is 0 Å². The van der Waals surface area contributed by atoms with Crippen molar-refractivity contribution in [1.82, 2.24) is 0 Å². The number of rotatable bonds is 4. The Kier molecular flexibility index (Phi) is 4.53. The summed E-state index contributed by atoms with van der Waals surface area (Å²) in [4.78, 5) is 0. The predicted octanol–water partition coefficient (Wildman–Crippen LogP) is 2.80. The first-order valence-electron chi connectivity index (χ1n) is 6.87. The minimum absolute atomic E-state index is 0.167. The van der Waals surface area contributed by atoms with Crippen LogP contribution in [0.25, 0.3) is 0 Å². The molecule has 0 spiro atoms. The standard InChI is InChI=1S/C15H21F2NO/c1-9-3-2-4-13(9)15(19)14(8-18)10-5-11(16)7-12(17)6-10/h5-7,9,13-15,19H,2-4,8,18H2,1H3. The van der Waals surface area contributed by atoms with Crippen LogP contribution in [0, 0.1) is 23.5 Å². The molecule has 1 aromatic carbocycles. The topological polar surface area (TPSA) is 46.2 Å². The molecule has 1 fully saturated rings. The molecule has 0 amide bonds. The second kappa shape index (κ2) is 5.97. The highest BCUT2D eigenvalue weighted by atomic mass is 19.1. The first kappa shape index (κ1) is 14.4. The second-order valence-corrected chi connectivity index (χ2v) is 5.61. The van der Waals surface area contributed by atoms with Crippen LogP contribution in [0.15, 0.2) is 18.2 Å². The van der Waals surface area contributed by atoms with Gasteiger partial charge >= 0.3 is 0 Å². The molecule has 1 aromatic rings. The molecule has 1 saturated carbocycles. The number of benzene rings is 1. The Bertz CT molecular complexity index is 418. The van der Waals surface area contributed by atoms with Crippen molar-refractivity contribution in [3.63, 3.8) is 0 Å². The average Bonchev–Trinajstić information content (AvgIpc) is 2.75. The molecule has 0 aliphatic heterocycles. The third kappa shape index (κ3) is 3.12. The fraction of sp³-hybridized carbons (Fsp3) is 0.600. The number of aliphatic hydroxyl groups is 1. The van der Waals surface area contributed by atoms with Crippen LogP contribution in [0.1, 0.15) is 37.7 Å². The van der Waals surface area contributed by atoms with Gasteiger partial charge in [0.25, 0.3) is 0 Å². The second-order valence-electron chi connectivity index (χ2n) is 5.61. The van der Waals surface area contributed by atoms with Crippen LogP contribution >= 0.6 is 0 Å². The number of hydrogen-bond donors (Lipinski definition) is 2. The van der Waals surface area contributed by atoms with Gasteiger partial charge in [0.2, 0.25) is 0 Å². The summed E-state index contributed by atoms with van der Waals surface area (Å²) >= 11 is 0. The van der Waals surface area contributed by atoms with Crippen LogP contribution < -0.4 is 5.73 Å². The van der Waals surface area contributed by atoms with Gasteiger partial charge < -0.3 is 10.8 Å². The van der Waals surface area contributed by atoms with Gasteiger partial charge in [0.15, 0.2) is 0 Å². The molecule has 19 heavy (non-hydrogen) atoms. The summed E-state index contributed by atoms with van der Waals surface area (Å²) in [5, 5.41) is 10.5. The minimum atomic E-state index is -0.635. The molecule has 0 heterocycles. The summed E-state index contributed by atoms with van der Waals surface area (Å²) in [6.07, 6.45) is 2.51. The molecule has 4 heteroatoms. The van der Waals surface area contributed by atoms with E-state index in [-0.39, 0.29) is 12.5 Å². The lowest BCUT2D eigenvalue weighted by Gasteiger charge is -2.29. The van der Waals surface area contributed by atoms with Crippen LogP contribution in [0.5, 0.6) is 0 Å².